The van der Waals surface area contributed by atoms with Gasteiger partial charge in [0, 0.05) is 28.4 Å². The van der Waals surface area contributed by atoms with Crippen molar-refractivity contribution in [2.45, 2.75) is 31.7 Å². The van der Waals surface area contributed by atoms with Crippen LogP contribution < -0.4 is 4.90 Å². The number of hydrogen-bond acceptors (Lipinski definition) is 2. The Morgan fingerprint density at radius 3 is 2.86 bits per heavy atom. The molecule has 3 nitrogen and oxygen atoms in total. The van der Waals surface area contributed by atoms with E-state index in [2.05, 4.69) is 6.92 Å². The molecule has 0 spiro atoms. The molecule has 28 heavy (non-hydrogen) atoms. The lowest BCUT2D eigenvalue weighted by molar-refractivity contribution is -0.906. The van der Waals surface area contributed by atoms with Gasteiger partial charge in [-0.05, 0) is 24.6 Å². The fourth-order valence-electron chi connectivity index (χ4n) is 3.58. The Balaban J connectivity index is 1.70. The number of amides is 1. The second-order valence-corrected chi connectivity index (χ2v) is 8.76. The molecular weight excluding hydrogens is 395 g/mol. The van der Waals surface area contributed by atoms with Crippen LogP contribution in [0.3, 0.4) is 0 Å². The van der Waals surface area contributed by atoms with Gasteiger partial charge in [-0.1, -0.05) is 55.3 Å². The summed E-state index contributed by atoms with van der Waals surface area (Å²) in [6.45, 7) is 4.85. The molecule has 1 aliphatic heterocycles. The van der Waals surface area contributed by atoms with Crippen LogP contribution in [0.4, 0.5) is 4.39 Å². The normalized spacial score (nSPS) is 17.7. The van der Waals surface area contributed by atoms with E-state index in [1.54, 1.807) is 23.9 Å². The van der Waals surface area contributed by atoms with Crippen molar-refractivity contribution in [2.24, 2.45) is 0 Å². The fourth-order valence-corrected chi connectivity index (χ4v) is 5.19. The molecule has 2 aromatic carbocycles. The standard InChI is InChI=1S/C22H26ClFN2OS/c1-2-3-11-25(15-17-7-6-8-18(24)14-17)16-21(27)26-12-13-28-22(26)19-9-4-5-10-20(19)23/h4-10,14,22H,2-3,11-13,15-16H2,1H3/p+1/t22-/m0/s1. The highest BCUT2D eigenvalue weighted by Crippen LogP contribution is 2.40. The number of quaternary nitrogens is 1. The smallest absolute Gasteiger partial charge is 0.278 e. The Labute approximate surface area is 175 Å². The SMILES string of the molecule is CCCC[NH+](CC(=O)N1CCS[C@H]1c1ccccc1Cl)Cc1cccc(F)c1. The first kappa shape index (κ1) is 21.2. The average molecular weight is 422 g/mol. The maximum Gasteiger partial charge on any atom is 0.278 e. The lowest BCUT2D eigenvalue weighted by Gasteiger charge is -2.27. The van der Waals surface area contributed by atoms with Crippen LogP contribution in [0.25, 0.3) is 0 Å². The number of unbranched alkanes of at least 4 members (excludes halogenated alkanes) is 1. The predicted octanol–water partition coefficient (Wildman–Crippen LogP) is 3.94. The van der Waals surface area contributed by atoms with E-state index >= 15 is 0 Å². The number of hydrogen-bond donors (Lipinski definition) is 1. The highest BCUT2D eigenvalue weighted by molar-refractivity contribution is 7.99. The van der Waals surface area contributed by atoms with Crippen molar-refractivity contribution in [3.8, 4) is 0 Å². The van der Waals surface area contributed by atoms with Crippen molar-refractivity contribution in [1.82, 2.24) is 4.90 Å². The van der Waals surface area contributed by atoms with Gasteiger partial charge in [-0.15, -0.1) is 11.8 Å². The van der Waals surface area contributed by atoms with Crippen LogP contribution in [0.1, 0.15) is 36.3 Å². The van der Waals surface area contributed by atoms with Gasteiger partial charge in [0.2, 0.25) is 0 Å². The van der Waals surface area contributed by atoms with Gasteiger partial charge < -0.3 is 9.80 Å². The third-order valence-corrected chi connectivity index (χ3v) is 6.60. The maximum absolute atomic E-state index is 13.6. The van der Waals surface area contributed by atoms with E-state index in [1.807, 2.05) is 35.2 Å². The second kappa shape index (κ2) is 10.3. The lowest BCUT2D eigenvalue weighted by Crippen LogP contribution is -3.12. The van der Waals surface area contributed by atoms with E-state index in [4.69, 9.17) is 11.6 Å². The molecule has 1 aliphatic rings. The summed E-state index contributed by atoms with van der Waals surface area (Å²) < 4.78 is 13.6. The van der Waals surface area contributed by atoms with Crippen LogP contribution in [-0.2, 0) is 11.3 Å². The van der Waals surface area contributed by atoms with Crippen LogP contribution in [0, 0.1) is 5.82 Å². The molecule has 0 bridgehead atoms. The van der Waals surface area contributed by atoms with E-state index in [1.165, 1.54) is 11.0 Å². The maximum atomic E-state index is 13.6. The fraction of sp³-hybridized carbons (Fsp3) is 0.409. The Kier molecular flexibility index (Phi) is 7.77. The number of carbonyl (C=O) groups excluding carboxylic acids is 1. The first-order chi connectivity index (χ1) is 13.6. The van der Waals surface area contributed by atoms with Gasteiger partial charge in [-0.3, -0.25) is 4.79 Å². The molecule has 6 heteroatoms. The van der Waals surface area contributed by atoms with Crippen molar-refractivity contribution in [2.75, 3.05) is 25.4 Å². The van der Waals surface area contributed by atoms with Crippen molar-refractivity contribution in [1.29, 1.82) is 0 Å². The van der Waals surface area contributed by atoms with Crippen LogP contribution in [0.2, 0.25) is 5.02 Å². The number of benzene rings is 2. The molecular formula is C22H27ClFN2OS+. The third-order valence-electron chi connectivity index (χ3n) is 5.01. The molecule has 0 radical (unpaired) electrons. The molecule has 2 atom stereocenters. The molecule has 1 fully saturated rings. The van der Waals surface area contributed by atoms with E-state index in [-0.39, 0.29) is 17.1 Å². The summed E-state index contributed by atoms with van der Waals surface area (Å²) >= 11 is 8.14. The Morgan fingerprint density at radius 2 is 2.11 bits per heavy atom. The van der Waals surface area contributed by atoms with Crippen molar-refractivity contribution < 1.29 is 14.1 Å². The van der Waals surface area contributed by atoms with Gasteiger partial charge in [-0.2, -0.15) is 0 Å². The van der Waals surface area contributed by atoms with Gasteiger partial charge in [0.1, 0.15) is 17.7 Å². The number of nitrogens with zero attached hydrogens (tertiary/aromatic N) is 1. The lowest BCUT2D eigenvalue weighted by atomic mass is 10.2. The molecule has 1 unspecified atom stereocenters. The molecule has 0 aromatic heterocycles. The summed E-state index contributed by atoms with van der Waals surface area (Å²) in [7, 11) is 0. The van der Waals surface area contributed by atoms with Gasteiger partial charge in [0.25, 0.3) is 5.91 Å². The van der Waals surface area contributed by atoms with E-state index < -0.39 is 0 Å². The monoisotopic (exact) mass is 421 g/mol. The molecule has 3 rings (SSSR count). The molecule has 2 aromatic rings. The van der Waals surface area contributed by atoms with Gasteiger partial charge >= 0.3 is 0 Å². The topological polar surface area (TPSA) is 24.8 Å². The Morgan fingerprint density at radius 1 is 1.29 bits per heavy atom. The molecule has 0 saturated carbocycles. The highest BCUT2D eigenvalue weighted by atomic mass is 35.5. The minimum absolute atomic E-state index is 0.0252. The van der Waals surface area contributed by atoms with Crippen LogP contribution >= 0.6 is 23.4 Å². The summed E-state index contributed by atoms with van der Waals surface area (Å²) in [5.74, 6) is 0.821. The first-order valence-electron chi connectivity index (χ1n) is 9.82. The quantitative estimate of drug-likeness (QED) is 0.698. The highest BCUT2D eigenvalue weighted by Gasteiger charge is 2.33. The molecule has 1 amide bonds. The summed E-state index contributed by atoms with van der Waals surface area (Å²) in [5.41, 5.74) is 1.93. The Bertz CT molecular complexity index is 804. The van der Waals surface area contributed by atoms with Gasteiger partial charge in [0.15, 0.2) is 6.54 Å². The van der Waals surface area contributed by atoms with Gasteiger partial charge in [-0.25, -0.2) is 4.39 Å². The minimum atomic E-state index is -0.228. The number of nitrogens with one attached hydrogen (secondary N) is 1. The molecule has 0 aliphatic carbocycles. The third kappa shape index (κ3) is 5.49. The van der Waals surface area contributed by atoms with Crippen LogP contribution in [-0.4, -0.2) is 36.2 Å². The van der Waals surface area contributed by atoms with Gasteiger partial charge in [0.05, 0.1) is 6.54 Å². The second-order valence-electron chi connectivity index (χ2n) is 7.17. The van der Waals surface area contributed by atoms with Crippen molar-refractivity contribution in [3.05, 3.63) is 70.5 Å². The number of carbonyl (C=O) groups is 1. The molecule has 150 valence electrons. The number of rotatable bonds is 8. The largest absolute Gasteiger partial charge is 0.323 e. The predicted molar refractivity (Wildman–Crippen MR) is 114 cm³/mol. The number of halogens is 2. The van der Waals surface area contributed by atoms with Crippen LogP contribution in [0.5, 0.6) is 0 Å². The number of thioether (sulfide) groups is 1. The zero-order valence-electron chi connectivity index (χ0n) is 16.2. The molecule has 1 N–H and O–H groups in total. The zero-order chi connectivity index (χ0) is 19.9. The van der Waals surface area contributed by atoms with Crippen LogP contribution in [0.15, 0.2) is 48.5 Å². The average Bonchev–Trinajstić information content (AvgIpc) is 3.16. The molecule has 1 heterocycles. The minimum Gasteiger partial charge on any atom is -0.323 e. The Hall–Kier alpha value is -1.56. The van der Waals surface area contributed by atoms with Crippen molar-refractivity contribution in [3.63, 3.8) is 0 Å². The molecule has 1 saturated heterocycles. The van der Waals surface area contributed by atoms with E-state index in [0.29, 0.717) is 18.1 Å². The summed E-state index contributed by atoms with van der Waals surface area (Å²) in [5, 5.41) is 0.678. The van der Waals surface area contributed by atoms with Crippen molar-refractivity contribution >= 4 is 29.3 Å². The summed E-state index contributed by atoms with van der Waals surface area (Å²) in [6.07, 6.45) is 2.11. The summed E-state index contributed by atoms with van der Waals surface area (Å²) in [4.78, 5) is 16.3. The first-order valence-corrected chi connectivity index (χ1v) is 11.2. The van der Waals surface area contributed by atoms with E-state index in [9.17, 15) is 9.18 Å². The van der Waals surface area contributed by atoms with E-state index in [0.717, 1.165) is 42.8 Å². The summed E-state index contributed by atoms with van der Waals surface area (Å²) in [6, 6.07) is 14.4. The zero-order valence-corrected chi connectivity index (χ0v) is 17.7.